The van der Waals surface area contributed by atoms with Crippen molar-refractivity contribution in [1.29, 1.82) is 0 Å². The Morgan fingerprint density at radius 3 is 2.79 bits per heavy atom. The third-order valence-electron chi connectivity index (χ3n) is 2.03. The standard InChI is InChI=1S/C11H13ClO2/c1-3-10(13)11(14-2)8-5-4-6-9(12)7-8/h4-7,11H,3H2,1-2H3. The highest BCUT2D eigenvalue weighted by atomic mass is 35.5. The first-order valence-corrected chi connectivity index (χ1v) is 4.87. The Kier molecular flexibility index (Phi) is 4.11. The number of hydrogen-bond acceptors (Lipinski definition) is 2. The van der Waals surface area contributed by atoms with Crippen LogP contribution in [0.3, 0.4) is 0 Å². The minimum Gasteiger partial charge on any atom is -0.369 e. The number of carbonyl (C=O) groups excluding carboxylic acids is 1. The maximum Gasteiger partial charge on any atom is 0.165 e. The second kappa shape index (κ2) is 5.13. The predicted octanol–water partition coefficient (Wildman–Crippen LogP) is 3.01. The predicted molar refractivity (Wildman–Crippen MR) is 56.5 cm³/mol. The summed E-state index contributed by atoms with van der Waals surface area (Å²) in [6.45, 7) is 1.82. The summed E-state index contributed by atoms with van der Waals surface area (Å²) in [6.07, 6.45) is -0.0240. The average molecular weight is 213 g/mol. The van der Waals surface area contributed by atoms with Crippen molar-refractivity contribution >= 4 is 17.4 Å². The van der Waals surface area contributed by atoms with Crippen LogP contribution in [0.4, 0.5) is 0 Å². The molecule has 1 atom stereocenters. The van der Waals surface area contributed by atoms with Crippen LogP contribution in [0.15, 0.2) is 24.3 Å². The van der Waals surface area contributed by atoms with Crippen LogP contribution in [0.2, 0.25) is 5.02 Å². The van der Waals surface area contributed by atoms with Crippen molar-refractivity contribution in [2.24, 2.45) is 0 Å². The summed E-state index contributed by atoms with van der Waals surface area (Å²) in [5.41, 5.74) is 0.812. The SMILES string of the molecule is CCC(=O)C(OC)c1cccc(Cl)c1. The second-order valence-corrected chi connectivity index (χ2v) is 3.43. The van der Waals surface area contributed by atoms with Gasteiger partial charge in [0.2, 0.25) is 0 Å². The minimum absolute atomic E-state index is 0.0646. The normalized spacial score (nSPS) is 12.5. The van der Waals surface area contributed by atoms with E-state index in [9.17, 15) is 4.79 Å². The minimum atomic E-state index is -0.487. The highest BCUT2D eigenvalue weighted by molar-refractivity contribution is 6.30. The van der Waals surface area contributed by atoms with Crippen molar-refractivity contribution in [3.8, 4) is 0 Å². The third-order valence-corrected chi connectivity index (χ3v) is 2.26. The molecule has 0 heterocycles. The monoisotopic (exact) mass is 212 g/mol. The zero-order valence-electron chi connectivity index (χ0n) is 8.29. The lowest BCUT2D eigenvalue weighted by atomic mass is 10.0. The number of rotatable bonds is 4. The smallest absolute Gasteiger partial charge is 0.165 e. The zero-order valence-corrected chi connectivity index (χ0v) is 9.04. The summed E-state index contributed by atoms with van der Waals surface area (Å²) in [5, 5.41) is 0.619. The van der Waals surface area contributed by atoms with Crippen LogP contribution in [-0.2, 0) is 9.53 Å². The van der Waals surface area contributed by atoms with Gasteiger partial charge < -0.3 is 4.74 Å². The van der Waals surface area contributed by atoms with Gasteiger partial charge in [-0.2, -0.15) is 0 Å². The molecule has 2 nitrogen and oxygen atoms in total. The number of hydrogen-bond donors (Lipinski definition) is 0. The Morgan fingerprint density at radius 1 is 1.57 bits per heavy atom. The number of ether oxygens (including phenoxy) is 1. The molecule has 0 aliphatic heterocycles. The van der Waals surface area contributed by atoms with Gasteiger partial charge in [-0.25, -0.2) is 0 Å². The fraction of sp³-hybridized carbons (Fsp3) is 0.364. The highest BCUT2D eigenvalue weighted by Gasteiger charge is 2.17. The van der Waals surface area contributed by atoms with Gasteiger partial charge in [0.05, 0.1) is 0 Å². The molecule has 0 amide bonds. The summed E-state index contributed by atoms with van der Waals surface area (Å²) in [6, 6.07) is 7.18. The summed E-state index contributed by atoms with van der Waals surface area (Å²) < 4.78 is 5.14. The quantitative estimate of drug-likeness (QED) is 0.767. The zero-order chi connectivity index (χ0) is 10.6. The maximum absolute atomic E-state index is 11.5. The molecule has 0 bridgehead atoms. The van der Waals surface area contributed by atoms with Gasteiger partial charge in [0.15, 0.2) is 5.78 Å². The molecule has 0 saturated heterocycles. The van der Waals surface area contributed by atoms with Crippen LogP contribution >= 0.6 is 11.6 Å². The van der Waals surface area contributed by atoms with Crippen LogP contribution in [0.5, 0.6) is 0 Å². The van der Waals surface area contributed by atoms with Gasteiger partial charge in [-0.15, -0.1) is 0 Å². The molecule has 1 aromatic rings. The van der Waals surface area contributed by atoms with Crippen LogP contribution in [0.1, 0.15) is 25.0 Å². The van der Waals surface area contributed by atoms with Crippen molar-refractivity contribution in [2.75, 3.05) is 7.11 Å². The van der Waals surface area contributed by atoms with Crippen molar-refractivity contribution < 1.29 is 9.53 Å². The van der Waals surface area contributed by atoms with E-state index >= 15 is 0 Å². The first-order valence-electron chi connectivity index (χ1n) is 4.50. The van der Waals surface area contributed by atoms with Crippen molar-refractivity contribution in [3.63, 3.8) is 0 Å². The molecule has 0 N–H and O–H groups in total. The number of carbonyl (C=O) groups is 1. The van der Waals surface area contributed by atoms with Gasteiger partial charge in [0.25, 0.3) is 0 Å². The van der Waals surface area contributed by atoms with Crippen LogP contribution in [0.25, 0.3) is 0 Å². The highest BCUT2D eigenvalue weighted by Crippen LogP contribution is 2.21. The van der Waals surface area contributed by atoms with Gasteiger partial charge in [-0.1, -0.05) is 30.7 Å². The number of ketones is 1. The topological polar surface area (TPSA) is 26.3 Å². The molecule has 1 unspecified atom stereocenters. The van der Waals surface area contributed by atoms with Crippen LogP contribution in [-0.4, -0.2) is 12.9 Å². The largest absolute Gasteiger partial charge is 0.369 e. The third kappa shape index (κ3) is 2.56. The van der Waals surface area contributed by atoms with E-state index in [2.05, 4.69) is 0 Å². The molecule has 1 rings (SSSR count). The Labute approximate surface area is 88.8 Å². The molecule has 0 fully saturated rings. The van der Waals surface area contributed by atoms with Crippen LogP contribution < -0.4 is 0 Å². The van der Waals surface area contributed by atoms with E-state index in [0.29, 0.717) is 11.4 Å². The number of methoxy groups -OCH3 is 1. The summed E-state index contributed by atoms with van der Waals surface area (Å²) in [7, 11) is 1.53. The molecule has 0 radical (unpaired) electrons. The van der Waals surface area contributed by atoms with E-state index in [1.54, 1.807) is 12.1 Å². The Bertz CT molecular complexity index is 323. The van der Waals surface area contributed by atoms with Crippen molar-refractivity contribution in [1.82, 2.24) is 0 Å². The van der Waals surface area contributed by atoms with E-state index in [1.807, 2.05) is 19.1 Å². The Balaban J connectivity index is 2.94. The lowest BCUT2D eigenvalue weighted by molar-refractivity contribution is -0.128. The Hall–Kier alpha value is -0.860. The average Bonchev–Trinajstić information content (AvgIpc) is 2.19. The molecular formula is C11H13ClO2. The molecule has 0 aromatic heterocycles. The molecule has 3 heteroatoms. The molecule has 14 heavy (non-hydrogen) atoms. The molecule has 1 aromatic carbocycles. The summed E-state index contributed by atoms with van der Waals surface area (Å²) in [4.78, 5) is 11.5. The van der Waals surface area contributed by atoms with Crippen molar-refractivity contribution in [2.45, 2.75) is 19.4 Å². The molecule has 76 valence electrons. The fourth-order valence-electron chi connectivity index (χ4n) is 1.31. The number of benzene rings is 1. The first-order chi connectivity index (χ1) is 6.69. The fourth-order valence-corrected chi connectivity index (χ4v) is 1.51. The van der Waals surface area contributed by atoms with Crippen LogP contribution in [0, 0.1) is 0 Å². The van der Waals surface area contributed by atoms with Gasteiger partial charge in [0, 0.05) is 18.6 Å². The first kappa shape index (κ1) is 11.2. The maximum atomic E-state index is 11.5. The number of halogens is 1. The van der Waals surface area contributed by atoms with Gasteiger partial charge in [-0.3, -0.25) is 4.79 Å². The summed E-state index contributed by atoms with van der Waals surface area (Å²) in [5.74, 6) is 0.0646. The van der Waals surface area contributed by atoms with E-state index < -0.39 is 6.10 Å². The van der Waals surface area contributed by atoms with Gasteiger partial charge in [-0.05, 0) is 17.7 Å². The van der Waals surface area contributed by atoms with Gasteiger partial charge in [0.1, 0.15) is 6.10 Å². The van der Waals surface area contributed by atoms with E-state index in [4.69, 9.17) is 16.3 Å². The van der Waals surface area contributed by atoms with Crippen molar-refractivity contribution in [3.05, 3.63) is 34.9 Å². The number of Topliss-reactive ketones (excluding diaryl/α,β-unsaturated/α-hetero) is 1. The summed E-state index contributed by atoms with van der Waals surface area (Å²) >= 11 is 5.83. The molecule has 0 aliphatic carbocycles. The second-order valence-electron chi connectivity index (χ2n) is 2.99. The Morgan fingerprint density at radius 2 is 2.29 bits per heavy atom. The lowest BCUT2D eigenvalue weighted by Crippen LogP contribution is -2.13. The molecular weight excluding hydrogens is 200 g/mol. The van der Waals surface area contributed by atoms with E-state index in [-0.39, 0.29) is 5.78 Å². The molecule has 0 spiro atoms. The molecule has 0 saturated carbocycles. The van der Waals surface area contributed by atoms with E-state index in [1.165, 1.54) is 7.11 Å². The molecule has 0 aliphatic rings. The van der Waals surface area contributed by atoms with Gasteiger partial charge >= 0.3 is 0 Å². The lowest BCUT2D eigenvalue weighted by Gasteiger charge is -2.13. The van der Waals surface area contributed by atoms with E-state index in [0.717, 1.165) is 5.56 Å².